The lowest BCUT2D eigenvalue weighted by atomic mass is 9.97. The van der Waals surface area contributed by atoms with E-state index in [1.807, 2.05) is 24.3 Å². The van der Waals surface area contributed by atoms with E-state index in [1.165, 1.54) is 6.20 Å². The van der Waals surface area contributed by atoms with Crippen molar-refractivity contribution in [3.63, 3.8) is 0 Å². The van der Waals surface area contributed by atoms with Crippen molar-refractivity contribution in [3.8, 4) is 17.4 Å². The normalized spacial score (nSPS) is 15.7. The molecule has 0 radical (unpaired) electrons. The standard InChI is InChI=1S/C20H16N4O3/c25-24-19-14(3-2-10-21-19)23-13-6-7-17(22-11-13)27-16-5-1-4-15-18(16)20(8-9-20)12-26-15/h1-7,10-11,23H,8-9,12H2. The molecule has 1 aromatic carbocycles. The molecular weight excluding hydrogens is 344 g/mol. The molecule has 0 amide bonds. The number of nitrogens with zero attached hydrogens (tertiary/aromatic N) is 3. The zero-order chi connectivity index (χ0) is 18.3. The summed E-state index contributed by atoms with van der Waals surface area (Å²) in [5.74, 6) is 2.31. The highest BCUT2D eigenvalue weighted by Crippen LogP contribution is 2.58. The number of benzene rings is 1. The molecular formula is C20H16N4O3. The van der Waals surface area contributed by atoms with Crippen molar-refractivity contribution >= 4 is 17.2 Å². The number of aromatic nitrogens is 2. The Bertz CT molecular complexity index is 1020. The summed E-state index contributed by atoms with van der Waals surface area (Å²) >= 11 is 0. The van der Waals surface area contributed by atoms with Crippen LogP contribution >= 0.6 is 0 Å². The first kappa shape index (κ1) is 15.7. The molecule has 2 aromatic heterocycles. The van der Waals surface area contributed by atoms with Gasteiger partial charge in [-0.2, -0.15) is 0 Å². The molecule has 1 aliphatic heterocycles. The summed E-state index contributed by atoms with van der Waals surface area (Å²) in [6.07, 6.45) is 5.43. The van der Waals surface area contributed by atoms with Crippen molar-refractivity contribution in [1.29, 1.82) is 0 Å². The molecule has 5 rings (SSSR count). The van der Waals surface area contributed by atoms with E-state index in [0.717, 1.165) is 36.5 Å². The Morgan fingerprint density at radius 2 is 2.04 bits per heavy atom. The minimum atomic E-state index is 0.104. The first-order valence-electron chi connectivity index (χ1n) is 8.73. The third-order valence-electron chi connectivity index (χ3n) is 4.98. The number of pyridine rings is 2. The lowest BCUT2D eigenvalue weighted by molar-refractivity contribution is 0.323. The molecule has 1 aliphatic carbocycles. The van der Waals surface area contributed by atoms with Crippen LogP contribution < -0.4 is 14.8 Å². The van der Waals surface area contributed by atoms with Gasteiger partial charge in [-0.15, -0.1) is 4.91 Å². The van der Waals surface area contributed by atoms with Gasteiger partial charge in [0.2, 0.25) is 11.7 Å². The second kappa shape index (κ2) is 6.05. The minimum Gasteiger partial charge on any atom is -0.492 e. The smallest absolute Gasteiger partial charge is 0.220 e. The maximum Gasteiger partial charge on any atom is 0.220 e. The average Bonchev–Trinajstić information content (AvgIpc) is 3.39. The highest BCUT2D eigenvalue weighted by molar-refractivity contribution is 5.68. The first-order chi connectivity index (χ1) is 13.3. The molecule has 3 heterocycles. The predicted molar refractivity (Wildman–Crippen MR) is 100 cm³/mol. The zero-order valence-corrected chi connectivity index (χ0v) is 14.4. The van der Waals surface area contributed by atoms with Gasteiger partial charge < -0.3 is 14.8 Å². The van der Waals surface area contributed by atoms with Gasteiger partial charge in [-0.05, 0) is 48.4 Å². The number of anilines is 2. The highest BCUT2D eigenvalue weighted by atomic mass is 16.5. The van der Waals surface area contributed by atoms with Gasteiger partial charge in [0.05, 0.1) is 24.2 Å². The van der Waals surface area contributed by atoms with Crippen molar-refractivity contribution in [2.75, 3.05) is 11.9 Å². The number of ether oxygens (including phenoxy) is 2. The number of nitrogens with one attached hydrogen (secondary N) is 1. The summed E-state index contributed by atoms with van der Waals surface area (Å²) in [6.45, 7) is 0.733. The van der Waals surface area contributed by atoms with E-state index < -0.39 is 0 Å². The molecule has 2 aliphatic rings. The number of hydrogen-bond donors (Lipinski definition) is 1. The van der Waals surface area contributed by atoms with Gasteiger partial charge >= 0.3 is 0 Å². The molecule has 1 saturated carbocycles. The quantitative estimate of drug-likeness (QED) is 0.656. The Hall–Kier alpha value is -3.48. The predicted octanol–water partition coefficient (Wildman–Crippen LogP) is 4.83. The molecule has 1 spiro atoms. The molecule has 134 valence electrons. The Kier molecular flexibility index (Phi) is 3.53. The molecule has 0 bridgehead atoms. The zero-order valence-electron chi connectivity index (χ0n) is 14.4. The van der Waals surface area contributed by atoms with Crippen LogP contribution in [0.2, 0.25) is 0 Å². The van der Waals surface area contributed by atoms with E-state index in [9.17, 15) is 4.91 Å². The fourth-order valence-electron chi connectivity index (χ4n) is 3.42. The second-order valence-corrected chi connectivity index (χ2v) is 6.78. The van der Waals surface area contributed by atoms with Crippen LogP contribution in [-0.2, 0) is 5.41 Å². The molecule has 0 atom stereocenters. The van der Waals surface area contributed by atoms with Crippen LogP contribution in [0, 0.1) is 4.91 Å². The third-order valence-corrected chi connectivity index (χ3v) is 4.98. The fourth-order valence-corrected chi connectivity index (χ4v) is 3.42. The Labute approximate surface area is 155 Å². The van der Waals surface area contributed by atoms with Crippen LogP contribution in [0.15, 0.2) is 60.0 Å². The number of fused-ring (bicyclic) bond motifs is 2. The van der Waals surface area contributed by atoms with E-state index in [0.29, 0.717) is 17.3 Å². The minimum absolute atomic E-state index is 0.104. The lowest BCUT2D eigenvalue weighted by Crippen LogP contribution is -2.08. The van der Waals surface area contributed by atoms with Gasteiger partial charge in [0.25, 0.3) is 0 Å². The van der Waals surface area contributed by atoms with Gasteiger partial charge in [-0.25, -0.2) is 9.97 Å². The van der Waals surface area contributed by atoms with Crippen LogP contribution in [-0.4, -0.2) is 16.6 Å². The highest BCUT2D eigenvalue weighted by Gasteiger charge is 2.52. The Balaban J connectivity index is 1.37. The molecule has 1 N–H and O–H groups in total. The fraction of sp³-hybridized carbons (Fsp3) is 0.200. The summed E-state index contributed by atoms with van der Waals surface area (Å²) in [6, 6.07) is 12.9. The molecule has 7 nitrogen and oxygen atoms in total. The average molecular weight is 360 g/mol. The Morgan fingerprint density at radius 3 is 2.81 bits per heavy atom. The summed E-state index contributed by atoms with van der Waals surface area (Å²) in [5, 5.41) is 6.00. The van der Waals surface area contributed by atoms with E-state index in [1.54, 1.807) is 24.4 Å². The van der Waals surface area contributed by atoms with Crippen molar-refractivity contribution in [3.05, 3.63) is 65.3 Å². The molecule has 1 fully saturated rings. The van der Waals surface area contributed by atoms with Gasteiger partial charge in [0.15, 0.2) is 0 Å². The largest absolute Gasteiger partial charge is 0.492 e. The monoisotopic (exact) mass is 360 g/mol. The topological polar surface area (TPSA) is 85.7 Å². The Morgan fingerprint density at radius 1 is 1.11 bits per heavy atom. The summed E-state index contributed by atoms with van der Waals surface area (Å²) < 4.78 is 11.9. The second-order valence-electron chi connectivity index (χ2n) is 6.78. The van der Waals surface area contributed by atoms with Gasteiger partial charge in [0, 0.05) is 23.2 Å². The van der Waals surface area contributed by atoms with Crippen LogP contribution in [0.25, 0.3) is 0 Å². The maximum atomic E-state index is 10.8. The van der Waals surface area contributed by atoms with Gasteiger partial charge in [-0.3, -0.25) is 0 Å². The summed E-state index contributed by atoms with van der Waals surface area (Å²) in [7, 11) is 0. The lowest BCUT2D eigenvalue weighted by Gasteiger charge is -2.12. The summed E-state index contributed by atoms with van der Waals surface area (Å²) in [4.78, 5) is 19.1. The van der Waals surface area contributed by atoms with Crippen molar-refractivity contribution in [2.24, 2.45) is 5.18 Å². The molecule has 7 heteroatoms. The number of rotatable bonds is 5. The SMILES string of the molecule is O=Nc1ncccc1Nc1ccc(Oc2cccc3c2C2(CC2)CO3)nc1. The van der Waals surface area contributed by atoms with Crippen LogP contribution in [0.1, 0.15) is 18.4 Å². The first-order valence-corrected chi connectivity index (χ1v) is 8.73. The number of nitroso groups, excluding NO2 is 1. The summed E-state index contributed by atoms with van der Waals surface area (Å²) in [5.41, 5.74) is 2.52. The van der Waals surface area contributed by atoms with Crippen LogP contribution in [0.3, 0.4) is 0 Å². The van der Waals surface area contributed by atoms with Crippen molar-refractivity contribution < 1.29 is 9.47 Å². The third kappa shape index (κ3) is 2.77. The molecule has 0 unspecified atom stereocenters. The van der Waals surface area contributed by atoms with Gasteiger partial charge in [0.1, 0.15) is 11.5 Å². The van der Waals surface area contributed by atoms with E-state index in [4.69, 9.17) is 9.47 Å². The van der Waals surface area contributed by atoms with Crippen LogP contribution in [0.5, 0.6) is 17.4 Å². The van der Waals surface area contributed by atoms with E-state index in [2.05, 4.69) is 20.5 Å². The molecule has 0 saturated heterocycles. The molecule has 27 heavy (non-hydrogen) atoms. The van der Waals surface area contributed by atoms with Crippen molar-refractivity contribution in [1.82, 2.24) is 9.97 Å². The van der Waals surface area contributed by atoms with E-state index in [-0.39, 0.29) is 11.2 Å². The van der Waals surface area contributed by atoms with Crippen molar-refractivity contribution in [2.45, 2.75) is 18.3 Å². The molecule has 3 aromatic rings. The van der Waals surface area contributed by atoms with Crippen LogP contribution in [0.4, 0.5) is 17.2 Å². The van der Waals surface area contributed by atoms with E-state index >= 15 is 0 Å². The van der Waals surface area contributed by atoms with Gasteiger partial charge in [-0.1, -0.05) is 6.07 Å². The number of hydrogen-bond acceptors (Lipinski definition) is 7. The maximum absolute atomic E-state index is 10.8.